The molecule has 0 saturated heterocycles. The number of primary sulfonamides is 1. The fourth-order valence-electron chi connectivity index (χ4n) is 1.37. The summed E-state index contributed by atoms with van der Waals surface area (Å²) in [4.78, 5) is 11.6. The lowest BCUT2D eigenvalue weighted by Gasteiger charge is -2.05. The highest BCUT2D eigenvalue weighted by Crippen LogP contribution is 2.09. The van der Waals surface area contributed by atoms with Crippen LogP contribution in [0, 0.1) is 0 Å². The van der Waals surface area contributed by atoms with Gasteiger partial charge in [0.15, 0.2) is 5.69 Å². The molecule has 1 heterocycles. The van der Waals surface area contributed by atoms with Crippen molar-refractivity contribution in [1.82, 2.24) is 14.9 Å². The summed E-state index contributed by atoms with van der Waals surface area (Å²) in [5.74, 6) is -0.366. The van der Waals surface area contributed by atoms with Gasteiger partial charge in [0.2, 0.25) is 10.0 Å². The van der Waals surface area contributed by atoms with Crippen LogP contribution in [0.2, 0.25) is 0 Å². The zero-order valence-corrected chi connectivity index (χ0v) is 11.2. The van der Waals surface area contributed by atoms with Crippen LogP contribution in [-0.4, -0.2) is 23.9 Å². The van der Waals surface area contributed by atoms with Gasteiger partial charge in [-0.05, 0) is 29.2 Å². The number of nitrogens with two attached hydrogens (primary N) is 1. The summed E-state index contributed by atoms with van der Waals surface area (Å²) < 4.78 is 25.9. The Morgan fingerprint density at radius 1 is 1.42 bits per heavy atom. The molecule has 0 aliphatic carbocycles. The number of nitrogens with one attached hydrogen (secondary N) is 1. The van der Waals surface area contributed by atoms with Gasteiger partial charge in [0.25, 0.3) is 5.91 Å². The second-order valence-electron chi connectivity index (χ2n) is 3.67. The minimum Gasteiger partial charge on any atom is -0.347 e. The van der Waals surface area contributed by atoms with Gasteiger partial charge in [0, 0.05) is 11.9 Å². The molecule has 0 aliphatic heterocycles. The first-order valence-corrected chi connectivity index (χ1v) is 7.52. The number of aromatic nitrogens is 2. The van der Waals surface area contributed by atoms with Crippen molar-refractivity contribution in [3.8, 4) is 0 Å². The van der Waals surface area contributed by atoms with Crippen LogP contribution in [0.25, 0.3) is 0 Å². The summed E-state index contributed by atoms with van der Waals surface area (Å²) in [6, 6.07) is 6.06. The molecule has 19 heavy (non-hydrogen) atoms. The lowest BCUT2D eigenvalue weighted by atomic mass is 10.2. The third-order valence-electron chi connectivity index (χ3n) is 2.27. The average Bonchev–Trinajstić information content (AvgIpc) is 2.89. The van der Waals surface area contributed by atoms with E-state index in [0.29, 0.717) is 5.56 Å². The molecule has 0 bridgehead atoms. The number of nitrogens with zero attached hydrogens (tertiary/aromatic N) is 2. The Morgan fingerprint density at radius 2 is 2.21 bits per heavy atom. The zero-order valence-electron chi connectivity index (χ0n) is 9.61. The van der Waals surface area contributed by atoms with Gasteiger partial charge in [-0.25, -0.2) is 13.6 Å². The van der Waals surface area contributed by atoms with E-state index < -0.39 is 10.0 Å². The summed E-state index contributed by atoms with van der Waals surface area (Å²) in [5, 5.41) is 12.8. The smallest absolute Gasteiger partial charge is 0.273 e. The third kappa shape index (κ3) is 3.56. The van der Waals surface area contributed by atoms with Crippen molar-refractivity contribution >= 4 is 27.5 Å². The van der Waals surface area contributed by atoms with E-state index in [1.165, 1.54) is 17.5 Å². The van der Waals surface area contributed by atoms with Gasteiger partial charge in [0.05, 0.1) is 4.90 Å². The Balaban J connectivity index is 2.06. The highest BCUT2D eigenvalue weighted by Gasteiger charge is 2.10. The number of carbonyl (C=O) groups excluding carboxylic acids is 1. The molecule has 1 aromatic heterocycles. The maximum Gasteiger partial charge on any atom is 0.273 e. The number of benzene rings is 1. The molecule has 1 amide bonds. The van der Waals surface area contributed by atoms with Gasteiger partial charge in [0.1, 0.15) is 0 Å². The third-order valence-corrected chi connectivity index (χ3v) is 3.69. The van der Waals surface area contributed by atoms with E-state index in [0.717, 1.165) is 11.5 Å². The summed E-state index contributed by atoms with van der Waals surface area (Å²) in [6.07, 6.45) is 0. The Morgan fingerprint density at radius 3 is 2.84 bits per heavy atom. The zero-order chi connectivity index (χ0) is 13.9. The van der Waals surface area contributed by atoms with E-state index >= 15 is 0 Å². The molecule has 7 nitrogen and oxygen atoms in total. The Bertz CT molecular complexity index is 683. The van der Waals surface area contributed by atoms with E-state index in [1.54, 1.807) is 12.1 Å². The number of amides is 1. The lowest BCUT2D eigenvalue weighted by Crippen LogP contribution is -2.23. The Hall–Kier alpha value is -1.84. The van der Waals surface area contributed by atoms with Gasteiger partial charge < -0.3 is 5.32 Å². The second-order valence-corrected chi connectivity index (χ2v) is 5.84. The monoisotopic (exact) mass is 298 g/mol. The highest BCUT2D eigenvalue weighted by atomic mass is 32.2. The molecule has 0 saturated carbocycles. The van der Waals surface area contributed by atoms with Crippen LogP contribution < -0.4 is 10.5 Å². The van der Waals surface area contributed by atoms with Crippen LogP contribution >= 0.6 is 11.5 Å². The van der Waals surface area contributed by atoms with Crippen molar-refractivity contribution in [2.75, 3.05) is 0 Å². The Labute approximate surface area is 113 Å². The molecule has 0 aliphatic rings. The minimum absolute atomic E-state index is 0.00886. The van der Waals surface area contributed by atoms with E-state index in [2.05, 4.69) is 14.9 Å². The molecular weight excluding hydrogens is 288 g/mol. The van der Waals surface area contributed by atoms with Gasteiger partial charge in [-0.1, -0.05) is 16.6 Å². The van der Waals surface area contributed by atoms with E-state index in [1.807, 2.05) is 0 Å². The average molecular weight is 298 g/mol. The first-order chi connectivity index (χ1) is 8.97. The fraction of sp³-hybridized carbons (Fsp3) is 0.100. The van der Waals surface area contributed by atoms with Crippen LogP contribution in [0.15, 0.2) is 34.5 Å². The fourth-order valence-corrected chi connectivity index (χ4v) is 2.39. The van der Waals surface area contributed by atoms with Gasteiger partial charge in [-0.2, -0.15) is 0 Å². The molecule has 0 fully saturated rings. The Kier molecular flexibility index (Phi) is 3.88. The highest BCUT2D eigenvalue weighted by molar-refractivity contribution is 7.89. The molecule has 100 valence electrons. The van der Waals surface area contributed by atoms with Crippen LogP contribution in [-0.2, 0) is 16.6 Å². The first kappa shape index (κ1) is 13.6. The standard InChI is InChI=1S/C10H10N4O3S2/c11-19(16,17)8-3-1-2-7(4-8)5-12-10(15)9-6-18-14-13-9/h1-4,6H,5H2,(H,12,15)(H2,11,16,17). The molecule has 0 atom stereocenters. The quantitative estimate of drug-likeness (QED) is 0.831. The molecule has 1 aromatic carbocycles. The van der Waals surface area contributed by atoms with Crippen molar-refractivity contribution < 1.29 is 13.2 Å². The molecular formula is C10H10N4O3S2. The van der Waals surface area contributed by atoms with Gasteiger partial charge in [-0.15, -0.1) is 5.10 Å². The second kappa shape index (κ2) is 5.43. The maximum atomic E-state index is 11.6. The van der Waals surface area contributed by atoms with Crippen molar-refractivity contribution in [2.45, 2.75) is 11.4 Å². The van der Waals surface area contributed by atoms with E-state index in [9.17, 15) is 13.2 Å². The molecule has 0 unspecified atom stereocenters. The molecule has 2 aromatic rings. The number of hydrogen-bond acceptors (Lipinski definition) is 6. The number of hydrogen-bond donors (Lipinski definition) is 2. The van der Waals surface area contributed by atoms with E-state index in [4.69, 9.17) is 5.14 Å². The normalized spacial score (nSPS) is 11.2. The summed E-state index contributed by atoms with van der Waals surface area (Å²) in [6.45, 7) is 0.180. The molecule has 0 radical (unpaired) electrons. The number of sulfonamides is 1. The molecule has 9 heteroatoms. The lowest BCUT2D eigenvalue weighted by molar-refractivity contribution is 0.0946. The van der Waals surface area contributed by atoms with Crippen LogP contribution in [0.4, 0.5) is 0 Å². The summed E-state index contributed by atoms with van der Waals surface area (Å²) in [7, 11) is -3.74. The van der Waals surface area contributed by atoms with E-state index in [-0.39, 0.29) is 23.0 Å². The minimum atomic E-state index is -3.74. The topological polar surface area (TPSA) is 115 Å². The van der Waals surface area contributed by atoms with Crippen LogP contribution in [0.5, 0.6) is 0 Å². The van der Waals surface area contributed by atoms with Crippen molar-refractivity contribution in [3.63, 3.8) is 0 Å². The van der Waals surface area contributed by atoms with Gasteiger partial charge >= 0.3 is 0 Å². The molecule has 0 spiro atoms. The van der Waals surface area contributed by atoms with Crippen molar-refractivity contribution in [1.29, 1.82) is 0 Å². The van der Waals surface area contributed by atoms with Crippen LogP contribution in [0.1, 0.15) is 16.1 Å². The maximum absolute atomic E-state index is 11.6. The van der Waals surface area contributed by atoms with Crippen molar-refractivity contribution in [2.24, 2.45) is 5.14 Å². The van der Waals surface area contributed by atoms with Gasteiger partial charge in [-0.3, -0.25) is 4.79 Å². The molecule has 3 N–H and O–H groups in total. The predicted octanol–water partition coefficient (Wildman–Crippen LogP) is 0.115. The number of rotatable bonds is 4. The van der Waals surface area contributed by atoms with Crippen molar-refractivity contribution in [3.05, 3.63) is 40.9 Å². The first-order valence-electron chi connectivity index (χ1n) is 5.14. The van der Waals surface area contributed by atoms with Crippen LogP contribution in [0.3, 0.4) is 0 Å². The number of carbonyl (C=O) groups is 1. The summed E-state index contributed by atoms with van der Waals surface area (Å²) in [5.41, 5.74) is 0.857. The predicted molar refractivity (Wildman–Crippen MR) is 68.9 cm³/mol. The molecule has 2 rings (SSSR count). The largest absolute Gasteiger partial charge is 0.347 e. The summed E-state index contributed by atoms with van der Waals surface area (Å²) >= 11 is 1.08. The SMILES string of the molecule is NS(=O)(=O)c1cccc(CNC(=O)c2csnn2)c1.